The molecule has 0 atom stereocenters. The van der Waals surface area contributed by atoms with E-state index in [0.29, 0.717) is 19.6 Å². The molecule has 1 aromatic carbocycles. The SMILES string of the molecule is C#CCN(Cc1ccccc1)Cc1cc(=O)c(O)cn1C. The van der Waals surface area contributed by atoms with Gasteiger partial charge >= 0.3 is 0 Å². The third kappa shape index (κ3) is 3.98. The molecule has 0 amide bonds. The smallest absolute Gasteiger partial charge is 0.223 e. The van der Waals surface area contributed by atoms with Crippen LogP contribution in [-0.4, -0.2) is 21.1 Å². The van der Waals surface area contributed by atoms with E-state index in [1.165, 1.54) is 12.3 Å². The maximum atomic E-state index is 11.6. The van der Waals surface area contributed by atoms with Gasteiger partial charge in [0.2, 0.25) is 5.43 Å². The van der Waals surface area contributed by atoms with Gasteiger partial charge in [0.05, 0.1) is 6.54 Å². The van der Waals surface area contributed by atoms with Crippen LogP contribution in [0.1, 0.15) is 11.3 Å². The summed E-state index contributed by atoms with van der Waals surface area (Å²) >= 11 is 0. The Hall–Kier alpha value is -2.51. The van der Waals surface area contributed by atoms with Crippen LogP contribution in [0.3, 0.4) is 0 Å². The normalized spacial score (nSPS) is 10.5. The topological polar surface area (TPSA) is 45.5 Å². The molecule has 0 bridgehead atoms. The summed E-state index contributed by atoms with van der Waals surface area (Å²) in [7, 11) is 1.80. The fourth-order valence-corrected chi connectivity index (χ4v) is 2.18. The highest BCUT2D eigenvalue weighted by Crippen LogP contribution is 2.10. The minimum Gasteiger partial charge on any atom is -0.503 e. The maximum absolute atomic E-state index is 11.6. The van der Waals surface area contributed by atoms with E-state index >= 15 is 0 Å². The monoisotopic (exact) mass is 282 g/mol. The second kappa shape index (κ2) is 6.78. The number of rotatable bonds is 5. The van der Waals surface area contributed by atoms with Crippen LogP contribution >= 0.6 is 0 Å². The lowest BCUT2D eigenvalue weighted by molar-refractivity contribution is 0.282. The highest BCUT2D eigenvalue weighted by Gasteiger charge is 2.09. The fourth-order valence-electron chi connectivity index (χ4n) is 2.18. The van der Waals surface area contributed by atoms with E-state index in [1.54, 1.807) is 11.6 Å². The molecule has 0 unspecified atom stereocenters. The maximum Gasteiger partial charge on any atom is 0.223 e. The molecule has 1 heterocycles. The Morgan fingerprint density at radius 2 is 2.00 bits per heavy atom. The predicted octanol–water partition coefficient (Wildman–Crippen LogP) is 1.73. The van der Waals surface area contributed by atoms with Gasteiger partial charge in [0.15, 0.2) is 5.75 Å². The van der Waals surface area contributed by atoms with E-state index in [1.807, 2.05) is 30.3 Å². The summed E-state index contributed by atoms with van der Waals surface area (Å²) in [6.07, 6.45) is 6.85. The van der Waals surface area contributed by atoms with Crippen LogP contribution in [0.2, 0.25) is 0 Å². The van der Waals surface area contributed by atoms with Crippen LogP contribution < -0.4 is 5.43 Å². The number of aromatic nitrogens is 1. The predicted molar refractivity (Wildman–Crippen MR) is 82.7 cm³/mol. The van der Waals surface area contributed by atoms with Crippen molar-refractivity contribution in [1.29, 1.82) is 0 Å². The highest BCUT2D eigenvalue weighted by atomic mass is 16.3. The summed E-state index contributed by atoms with van der Waals surface area (Å²) < 4.78 is 1.74. The molecule has 0 aliphatic carbocycles. The van der Waals surface area contributed by atoms with E-state index in [0.717, 1.165) is 11.3 Å². The first-order chi connectivity index (χ1) is 10.1. The van der Waals surface area contributed by atoms with Crippen molar-refractivity contribution in [2.24, 2.45) is 7.05 Å². The summed E-state index contributed by atoms with van der Waals surface area (Å²) in [6.45, 7) is 1.75. The zero-order valence-corrected chi connectivity index (χ0v) is 12.0. The summed E-state index contributed by atoms with van der Waals surface area (Å²) in [4.78, 5) is 13.6. The quantitative estimate of drug-likeness (QED) is 0.849. The Balaban J connectivity index is 2.19. The molecule has 0 aliphatic heterocycles. The molecule has 21 heavy (non-hydrogen) atoms. The molecule has 0 spiro atoms. The molecule has 108 valence electrons. The first kappa shape index (κ1) is 14.9. The number of terminal acetylenes is 1. The molecular weight excluding hydrogens is 264 g/mol. The molecule has 1 N–H and O–H groups in total. The average molecular weight is 282 g/mol. The minimum absolute atomic E-state index is 0.243. The third-order valence-electron chi connectivity index (χ3n) is 3.27. The van der Waals surface area contributed by atoms with Gasteiger partial charge in [-0.3, -0.25) is 9.69 Å². The molecule has 0 radical (unpaired) electrons. The van der Waals surface area contributed by atoms with Crippen LogP contribution in [0.4, 0.5) is 0 Å². The lowest BCUT2D eigenvalue weighted by Crippen LogP contribution is -2.25. The van der Waals surface area contributed by atoms with Gasteiger partial charge in [-0.15, -0.1) is 6.42 Å². The highest BCUT2D eigenvalue weighted by molar-refractivity contribution is 5.20. The van der Waals surface area contributed by atoms with E-state index in [9.17, 15) is 9.90 Å². The molecule has 4 nitrogen and oxygen atoms in total. The van der Waals surface area contributed by atoms with Gasteiger partial charge in [0, 0.05) is 38.1 Å². The van der Waals surface area contributed by atoms with Gasteiger partial charge in [-0.2, -0.15) is 0 Å². The molecule has 1 aromatic heterocycles. The first-order valence-electron chi connectivity index (χ1n) is 6.68. The zero-order chi connectivity index (χ0) is 15.2. The summed E-state index contributed by atoms with van der Waals surface area (Å²) in [5.41, 5.74) is 1.60. The number of aromatic hydroxyl groups is 1. The number of pyridine rings is 1. The molecule has 4 heteroatoms. The van der Waals surface area contributed by atoms with Crippen LogP contribution in [0.15, 0.2) is 47.4 Å². The Bertz CT molecular complexity index is 699. The van der Waals surface area contributed by atoms with Crippen LogP contribution in [0, 0.1) is 12.3 Å². The molecule has 0 fully saturated rings. The third-order valence-corrected chi connectivity index (χ3v) is 3.27. The van der Waals surface area contributed by atoms with Crippen molar-refractivity contribution >= 4 is 0 Å². The molecular formula is C17H18N2O2. The minimum atomic E-state index is -0.372. The van der Waals surface area contributed by atoms with Gasteiger partial charge in [-0.1, -0.05) is 36.3 Å². The lowest BCUT2D eigenvalue weighted by atomic mass is 10.2. The van der Waals surface area contributed by atoms with Crippen LogP contribution in [0.25, 0.3) is 0 Å². The van der Waals surface area contributed by atoms with E-state index in [2.05, 4.69) is 10.8 Å². The van der Waals surface area contributed by atoms with Crippen molar-refractivity contribution in [3.8, 4) is 18.1 Å². The van der Waals surface area contributed by atoms with Crippen molar-refractivity contribution in [3.05, 3.63) is 64.1 Å². The number of nitrogens with zero attached hydrogens (tertiary/aromatic N) is 2. The Morgan fingerprint density at radius 1 is 1.29 bits per heavy atom. The van der Waals surface area contributed by atoms with Crippen LogP contribution in [0.5, 0.6) is 5.75 Å². The van der Waals surface area contributed by atoms with Crippen LogP contribution in [-0.2, 0) is 20.1 Å². The molecule has 0 saturated carbocycles. The second-order valence-corrected chi connectivity index (χ2v) is 4.96. The van der Waals surface area contributed by atoms with Gasteiger partial charge in [-0.25, -0.2) is 0 Å². The summed E-state index contributed by atoms with van der Waals surface area (Å²) in [6, 6.07) is 11.5. The average Bonchev–Trinajstić information content (AvgIpc) is 2.46. The second-order valence-electron chi connectivity index (χ2n) is 4.96. The van der Waals surface area contributed by atoms with Crippen molar-refractivity contribution in [3.63, 3.8) is 0 Å². The van der Waals surface area contributed by atoms with Gasteiger partial charge in [0.25, 0.3) is 0 Å². The molecule has 0 aliphatic rings. The number of hydrogen-bond acceptors (Lipinski definition) is 3. The standard InChI is InChI=1S/C17H18N2O2/c1-3-9-19(11-14-7-5-4-6-8-14)12-15-10-16(20)17(21)13-18(15)2/h1,4-8,10,13,21H,9,11-12H2,2H3. The molecule has 0 saturated heterocycles. The van der Waals surface area contributed by atoms with Gasteiger partial charge in [-0.05, 0) is 5.56 Å². The van der Waals surface area contributed by atoms with E-state index in [4.69, 9.17) is 6.42 Å². The van der Waals surface area contributed by atoms with Gasteiger partial charge in [0.1, 0.15) is 0 Å². The van der Waals surface area contributed by atoms with Crippen molar-refractivity contribution in [1.82, 2.24) is 9.47 Å². The molecule has 2 aromatic rings. The zero-order valence-electron chi connectivity index (χ0n) is 12.0. The Labute approximate surface area is 124 Å². The van der Waals surface area contributed by atoms with E-state index in [-0.39, 0.29) is 11.2 Å². The first-order valence-corrected chi connectivity index (χ1v) is 6.68. The molecule has 2 rings (SSSR count). The fraction of sp³-hybridized carbons (Fsp3) is 0.235. The largest absolute Gasteiger partial charge is 0.503 e. The van der Waals surface area contributed by atoms with Crippen molar-refractivity contribution in [2.45, 2.75) is 13.1 Å². The Kier molecular flexibility index (Phi) is 4.81. The van der Waals surface area contributed by atoms with Crippen molar-refractivity contribution in [2.75, 3.05) is 6.54 Å². The summed E-state index contributed by atoms with van der Waals surface area (Å²) in [5.74, 6) is 2.40. The summed E-state index contributed by atoms with van der Waals surface area (Å²) in [5, 5.41) is 9.42. The number of aryl methyl sites for hydroxylation is 1. The number of hydrogen-bond donors (Lipinski definition) is 1. The van der Waals surface area contributed by atoms with Gasteiger partial charge < -0.3 is 9.67 Å². The number of benzene rings is 1. The lowest BCUT2D eigenvalue weighted by Gasteiger charge is -2.21. The van der Waals surface area contributed by atoms with E-state index < -0.39 is 0 Å². The van der Waals surface area contributed by atoms with Crippen molar-refractivity contribution < 1.29 is 5.11 Å². The Morgan fingerprint density at radius 3 is 2.67 bits per heavy atom.